The highest BCUT2D eigenvalue weighted by molar-refractivity contribution is 5.89. The van der Waals surface area contributed by atoms with Crippen LogP contribution in [0.4, 0.5) is 9.59 Å². The summed E-state index contributed by atoms with van der Waals surface area (Å²) in [7, 11) is 2.64. The molecule has 4 aliphatic carbocycles. The van der Waals surface area contributed by atoms with Gasteiger partial charge in [0.2, 0.25) is 11.8 Å². The number of nitrogens with one attached hydrogen (secondary N) is 4. The monoisotopic (exact) mass is 959 g/mol. The molecular weight excluding hydrogens is 893 g/mol. The topological polar surface area (TPSA) is 175 Å². The number of fused-ring (bicyclic) bond motifs is 4. The number of piperidine rings is 1. The van der Waals surface area contributed by atoms with Crippen LogP contribution in [0.15, 0.2) is 84.8 Å². The van der Waals surface area contributed by atoms with E-state index in [1.807, 2.05) is 49.9 Å². The molecule has 0 radical (unpaired) electrons. The Labute approximate surface area is 415 Å². The molecule has 0 bridgehead atoms. The third-order valence-electron chi connectivity index (χ3n) is 17.3. The van der Waals surface area contributed by atoms with Gasteiger partial charge in [-0.05, 0) is 113 Å². The number of rotatable bonds is 14. The molecule has 1 spiro atoms. The van der Waals surface area contributed by atoms with Gasteiger partial charge >= 0.3 is 12.2 Å². The third-order valence-corrected chi connectivity index (χ3v) is 17.3. The second-order valence-corrected chi connectivity index (χ2v) is 21.2. The first kappa shape index (κ1) is 46.7. The quantitative estimate of drug-likeness (QED) is 0.0851. The summed E-state index contributed by atoms with van der Waals surface area (Å²) < 4.78 is 9.77. The normalized spacial score (nSPS) is 23.8. The molecule has 11 rings (SSSR count). The van der Waals surface area contributed by atoms with Crippen LogP contribution in [-0.2, 0) is 30.9 Å². The Bertz CT molecular complexity index is 2900. The van der Waals surface area contributed by atoms with E-state index in [1.54, 1.807) is 0 Å². The fourth-order valence-electron chi connectivity index (χ4n) is 12.7. The minimum absolute atomic E-state index is 0.0452. The van der Waals surface area contributed by atoms with Crippen molar-refractivity contribution in [3.05, 3.63) is 108 Å². The highest BCUT2D eigenvalue weighted by Gasteiger charge is 2.56. The van der Waals surface area contributed by atoms with E-state index in [0.717, 1.165) is 78.4 Å². The molecule has 14 heteroatoms. The number of ether oxygens (including phenoxy) is 2. The minimum atomic E-state index is -0.701. The maximum atomic E-state index is 14.1. The van der Waals surface area contributed by atoms with Gasteiger partial charge in [0.1, 0.15) is 23.7 Å². The molecule has 4 amide bonds. The Morgan fingerprint density at radius 1 is 0.690 bits per heavy atom. The smallest absolute Gasteiger partial charge is 0.407 e. The Morgan fingerprint density at radius 3 is 1.80 bits per heavy atom. The van der Waals surface area contributed by atoms with Gasteiger partial charge in [-0.1, -0.05) is 120 Å². The van der Waals surface area contributed by atoms with Gasteiger partial charge in [0.25, 0.3) is 0 Å². The predicted octanol–water partition coefficient (Wildman–Crippen LogP) is 10.5. The van der Waals surface area contributed by atoms with Crippen molar-refractivity contribution in [3.63, 3.8) is 0 Å². The van der Waals surface area contributed by atoms with Crippen molar-refractivity contribution in [3.8, 4) is 44.8 Å². The first-order chi connectivity index (χ1) is 34.4. The number of methoxy groups -OCH3 is 2. The number of amides is 4. The van der Waals surface area contributed by atoms with E-state index in [1.165, 1.54) is 79.7 Å². The summed E-state index contributed by atoms with van der Waals surface area (Å²) in [5.41, 5.74) is 13.1. The van der Waals surface area contributed by atoms with Gasteiger partial charge < -0.3 is 39.9 Å². The number of carbonyl (C=O) groups excluding carboxylic acids is 4. The Balaban J connectivity index is 0.822. The van der Waals surface area contributed by atoms with Gasteiger partial charge in [0.15, 0.2) is 0 Å². The number of carbonyl (C=O) groups is 4. The fourth-order valence-corrected chi connectivity index (χ4v) is 12.7. The highest BCUT2D eigenvalue weighted by atomic mass is 16.5. The zero-order valence-electron chi connectivity index (χ0n) is 41.7. The van der Waals surface area contributed by atoms with Crippen molar-refractivity contribution in [2.45, 2.75) is 134 Å². The maximum absolute atomic E-state index is 14.1. The lowest BCUT2D eigenvalue weighted by Gasteiger charge is -2.32. The number of allylic oxidation sites excluding steroid dienone is 2. The maximum Gasteiger partial charge on any atom is 0.407 e. The number of hydrogen-bond acceptors (Lipinski definition) is 8. The van der Waals surface area contributed by atoms with Crippen LogP contribution >= 0.6 is 0 Å². The van der Waals surface area contributed by atoms with Crippen LogP contribution in [0.1, 0.15) is 127 Å². The Morgan fingerprint density at radius 2 is 1.23 bits per heavy atom. The number of H-pyrrole nitrogens is 2. The van der Waals surface area contributed by atoms with Crippen LogP contribution in [0.25, 0.3) is 44.8 Å². The van der Waals surface area contributed by atoms with Crippen LogP contribution in [0, 0.1) is 23.7 Å². The predicted molar refractivity (Wildman–Crippen MR) is 270 cm³/mol. The molecule has 4 heterocycles. The molecule has 2 saturated carbocycles. The molecule has 370 valence electrons. The summed E-state index contributed by atoms with van der Waals surface area (Å²) in [6, 6.07) is 20.7. The van der Waals surface area contributed by atoms with Crippen LogP contribution in [0.3, 0.4) is 0 Å². The Hall–Kier alpha value is -6.70. The van der Waals surface area contributed by atoms with E-state index in [4.69, 9.17) is 19.4 Å². The van der Waals surface area contributed by atoms with Gasteiger partial charge in [0.05, 0.1) is 50.1 Å². The van der Waals surface area contributed by atoms with E-state index in [2.05, 4.69) is 87.3 Å². The van der Waals surface area contributed by atoms with Gasteiger partial charge in [-0.3, -0.25) is 9.59 Å². The number of likely N-dealkylation sites (tertiary alicyclic amines) is 2. The van der Waals surface area contributed by atoms with Crippen molar-refractivity contribution in [1.29, 1.82) is 0 Å². The number of hydrogen-bond donors (Lipinski definition) is 4. The molecule has 4 fully saturated rings. The zero-order chi connectivity index (χ0) is 49.3. The fraction of sp³-hybridized carbons (Fsp3) is 0.474. The number of imidazole rings is 2. The van der Waals surface area contributed by atoms with Crippen LogP contribution in [0.5, 0.6) is 0 Å². The van der Waals surface area contributed by atoms with Crippen LogP contribution in [0.2, 0.25) is 0 Å². The van der Waals surface area contributed by atoms with E-state index in [0.29, 0.717) is 5.92 Å². The van der Waals surface area contributed by atoms with Crippen molar-refractivity contribution < 1.29 is 28.7 Å². The van der Waals surface area contributed by atoms with Crippen LogP contribution < -0.4 is 10.6 Å². The van der Waals surface area contributed by atoms with Crippen molar-refractivity contribution in [1.82, 2.24) is 40.4 Å². The Kier molecular flexibility index (Phi) is 12.1. The largest absolute Gasteiger partial charge is 0.453 e. The molecular formula is C57H66N8O6. The van der Waals surface area contributed by atoms with E-state index >= 15 is 0 Å². The molecule has 71 heavy (non-hydrogen) atoms. The summed E-state index contributed by atoms with van der Waals surface area (Å²) in [6.07, 6.45) is 15.9. The van der Waals surface area contributed by atoms with E-state index < -0.39 is 24.3 Å². The number of alkyl carbamates (subject to hydrolysis) is 2. The molecule has 9 atom stereocenters. The van der Waals surface area contributed by atoms with Crippen molar-refractivity contribution >= 4 is 24.0 Å². The first-order valence-electron chi connectivity index (χ1n) is 26.0. The van der Waals surface area contributed by atoms with Gasteiger partial charge in [0, 0.05) is 17.7 Å². The van der Waals surface area contributed by atoms with Crippen molar-refractivity contribution in [2.24, 2.45) is 23.7 Å². The molecule has 2 saturated heterocycles. The summed E-state index contributed by atoms with van der Waals surface area (Å²) in [6.45, 7) is 8.01. The summed E-state index contributed by atoms with van der Waals surface area (Å²) in [5, 5.41) is 5.62. The average molecular weight is 959 g/mol. The lowest BCUT2D eigenvalue weighted by molar-refractivity contribution is -0.137. The van der Waals surface area contributed by atoms with Gasteiger partial charge in [-0.15, -0.1) is 0 Å². The third kappa shape index (κ3) is 8.30. The highest BCUT2D eigenvalue weighted by Crippen LogP contribution is 2.56. The SMILES string of the molecule is CCC(C)[C@H](NC(=O)OC)C(=O)N1C2=CC2C[C@H]1c1ncc(-c2ccc(-c3ccc(-c4ccc(-c5cnc([C@@H]6CC7CC7N6C(=O)[C@@H](NC(=O)OC)C(C)CC)[nH]5)cc4)c4c3C3(CCCC3)CC4)cc2)[nH]1. The van der Waals surface area contributed by atoms with E-state index in [-0.39, 0.29) is 53.1 Å². The molecule has 6 aliphatic rings. The summed E-state index contributed by atoms with van der Waals surface area (Å²) in [4.78, 5) is 73.4. The molecule has 4 N–H and O–H groups in total. The van der Waals surface area contributed by atoms with Gasteiger partial charge in [-0.25, -0.2) is 19.6 Å². The molecule has 14 nitrogen and oxygen atoms in total. The van der Waals surface area contributed by atoms with Gasteiger partial charge in [-0.2, -0.15) is 0 Å². The summed E-state index contributed by atoms with van der Waals surface area (Å²) >= 11 is 0. The molecule has 2 aromatic heterocycles. The van der Waals surface area contributed by atoms with E-state index in [9.17, 15) is 19.2 Å². The lowest BCUT2D eigenvalue weighted by atomic mass is 9.76. The minimum Gasteiger partial charge on any atom is -0.453 e. The van der Waals surface area contributed by atoms with Crippen molar-refractivity contribution in [2.75, 3.05) is 14.2 Å². The summed E-state index contributed by atoms with van der Waals surface area (Å²) in [5.74, 6) is 1.90. The standard InChI is InChI=1S/C57H66N8O6/c1-7-31(3)49(62-55(68)70-5)53(66)64-44-25-37(44)27-46(64)51-58-29-42(60-51)35-15-11-33(12-16-35)39-19-20-40(48-41(39)21-24-57(48)22-9-10-23-57)34-13-17-36(18-14-34)43-30-59-52(61-43)47-28-38-26-45(38)65(47)54(67)50(32(4)8-2)63-56(69)71-6/h11-20,26,29-32,37-38,44,46-47,49-50H,7-10,21-25,27-28H2,1-6H3,(H,58,60)(H,59,61)(H,62,68)(H,63,69)/t31?,32?,37?,38?,44?,46-,47-,49-,50-/m0/s1. The number of nitrogens with zero attached hydrogens (tertiary/aromatic N) is 4. The average Bonchev–Trinajstić information content (AvgIpc) is 3.85. The lowest BCUT2D eigenvalue weighted by Crippen LogP contribution is -2.52. The molecule has 2 aliphatic heterocycles. The zero-order valence-corrected chi connectivity index (χ0v) is 41.7. The molecule has 3 aromatic carbocycles. The molecule has 5 unspecified atom stereocenters. The second kappa shape index (κ2) is 18.5. The number of aromatic amines is 2. The second-order valence-electron chi connectivity index (χ2n) is 21.2. The first-order valence-corrected chi connectivity index (χ1v) is 26.0. The number of aromatic nitrogens is 4. The van der Waals surface area contributed by atoms with Crippen LogP contribution in [-0.4, -0.2) is 86.1 Å². The molecule has 5 aromatic rings. The number of benzene rings is 3.